The maximum atomic E-state index is 11.8. The van der Waals surface area contributed by atoms with Crippen molar-refractivity contribution in [2.75, 3.05) is 0 Å². The molecular formula is C13H18Cl2N2O2S. The van der Waals surface area contributed by atoms with Gasteiger partial charge in [0.15, 0.2) is 0 Å². The van der Waals surface area contributed by atoms with Gasteiger partial charge in [-0.05, 0) is 30.4 Å². The molecule has 0 aliphatic heterocycles. The molecule has 20 heavy (non-hydrogen) atoms. The summed E-state index contributed by atoms with van der Waals surface area (Å²) in [7, 11) is 0. The van der Waals surface area contributed by atoms with Gasteiger partial charge in [-0.15, -0.1) is 11.3 Å². The van der Waals surface area contributed by atoms with Gasteiger partial charge in [-0.1, -0.05) is 37.0 Å². The molecule has 0 aliphatic rings. The molecular weight excluding hydrogens is 319 g/mol. The molecule has 0 fully saturated rings. The van der Waals surface area contributed by atoms with Crippen LogP contribution < -0.4 is 11.1 Å². The van der Waals surface area contributed by atoms with E-state index in [0.717, 1.165) is 5.56 Å². The van der Waals surface area contributed by atoms with E-state index in [2.05, 4.69) is 5.32 Å². The van der Waals surface area contributed by atoms with Gasteiger partial charge in [-0.3, -0.25) is 9.59 Å². The Labute approximate surface area is 132 Å². The summed E-state index contributed by atoms with van der Waals surface area (Å²) in [5, 5.41) is 2.65. The highest BCUT2D eigenvalue weighted by atomic mass is 35.5. The maximum Gasteiger partial charge on any atom is 0.240 e. The largest absolute Gasteiger partial charge is 0.368 e. The summed E-state index contributed by atoms with van der Waals surface area (Å²) in [6.07, 6.45) is 1.64. The van der Waals surface area contributed by atoms with Crippen molar-refractivity contribution in [3.63, 3.8) is 0 Å². The Kier molecular flexibility index (Phi) is 6.79. The first kappa shape index (κ1) is 17.3. The first-order valence-electron chi connectivity index (χ1n) is 6.33. The molecule has 0 saturated carbocycles. The molecule has 1 aromatic heterocycles. The molecule has 3 N–H and O–H groups in total. The summed E-state index contributed by atoms with van der Waals surface area (Å²) in [5.74, 6) is -0.720. The predicted octanol–water partition coefficient (Wildman–Crippen LogP) is 3.00. The minimum atomic E-state index is -0.623. The number of aryl methyl sites for hydroxylation is 1. The Morgan fingerprint density at radius 3 is 2.50 bits per heavy atom. The van der Waals surface area contributed by atoms with Crippen LogP contribution in [0.4, 0.5) is 0 Å². The third-order valence-electron chi connectivity index (χ3n) is 2.87. The molecule has 1 rings (SSSR count). The van der Waals surface area contributed by atoms with Crippen LogP contribution in [0.2, 0.25) is 8.67 Å². The second-order valence-corrected chi connectivity index (χ2v) is 7.18. The van der Waals surface area contributed by atoms with Crippen molar-refractivity contribution in [1.29, 1.82) is 0 Å². The van der Waals surface area contributed by atoms with Crippen LogP contribution in [0.1, 0.15) is 32.3 Å². The van der Waals surface area contributed by atoms with Crippen LogP contribution in [0, 0.1) is 5.92 Å². The van der Waals surface area contributed by atoms with E-state index in [0.29, 0.717) is 27.9 Å². The highest BCUT2D eigenvalue weighted by Crippen LogP contribution is 2.31. The van der Waals surface area contributed by atoms with E-state index in [1.54, 1.807) is 0 Å². The third-order valence-corrected chi connectivity index (χ3v) is 4.44. The van der Waals surface area contributed by atoms with Gasteiger partial charge < -0.3 is 11.1 Å². The number of rotatable bonds is 7. The van der Waals surface area contributed by atoms with Crippen LogP contribution in [0.5, 0.6) is 0 Å². The van der Waals surface area contributed by atoms with Gasteiger partial charge in [-0.25, -0.2) is 0 Å². The second kappa shape index (κ2) is 7.86. The van der Waals surface area contributed by atoms with Crippen molar-refractivity contribution in [3.05, 3.63) is 20.3 Å². The minimum absolute atomic E-state index is 0.0263. The van der Waals surface area contributed by atoms with Gasteiger partial charge in [-0.2, -0.15) is 0 Å². The number of carbonyl (C=O) groups is 2. The number of thiophene rings is 1. The molecule has 0 saturated heterocycles. The van der Waals surface area contributed by atoms with E-state index in [1.165, 1.54) is 11.3 Å². The van der Waals surface area contributed by atoms with Crippen LogP contribution in [0.25, 0.3) is 0 Å². The van der Waals surface area contributed by atoms with E-state index < -0.39 is 11.9 Å². The van der Waals surface area contributed by atoms with Crippen molar-refractivity contribution < 1.29 is 9.59 Å². The van der Waals surface area contributed by atoms with Crippen molar-refractivity contribution in [2.24, 2.45) is 11.7 Å². The lowest BCUT2D eigenvalue weighted by atomic mass is 10.0. The summed E-state index contributed by atoms with van der Waals surface area (Å²) < 4.78 is 1.30. The summed E-state index contributed by atoms with van der Waals surface area (Å²) in [6.45, 7) is 3.67. The summed E-state index contributed by atoms with van der Waals surface area (Å²) in [4.78, 5) is 23.0. The lowest BCUT2D eigenvalue weighted by Gasteiger charge is -2.18. The lowest BCUT2D eigenvalue weighted by Crippen LogP contribution is -2.47. The molecule has 1 unspecified atom stereocenters. The molecule has 1 heterocycles. The fraction of sp³-hybridized carbons (Fsp3) is 0.538. The van der Waals surface area contributed by atoms with E-state index in [-0.39, 0.29) is 11.8 Å². The SMILES string of the molecule is CC(C)C(NC(=O)CCCc1cc(Cl)sc1Cl)C(N)=O. The average Bonchev–Trinajstić information content (AvgIpc) is 2.64. The summed E-state index contributed by atoms with van der Waals surface area (Å²) in [5.41, 5.74) is 6.19. The highest BCUT2D eigenvalue weighted by molar-refractivity contribution is 7.20. The van der Waals surface area contributed by atoms with Gasteiger partial charge >= 0.3 is 0 Å². The molecule has 0 spiro atoms. The molecule has 1 atom stereocenters. The number of nitrogens with two attached hydrogens (primary N) is 1. The van der Waals surface area contributed by atoms with Crippen molar-refractivity contribution in [3.8, 4) is 0 Å². The molecule has 2 amide bonds. The number of hydrogen-bond acceptors (Lipinski definition) is 3. The highest BCUT2D eigenvalue weighted by Gasteiger charge is 2.21. The van der Waals surface area contributed by atoms with Crippen molar-refractivity contribution in [1.82, 2.24) is 5.32 Å². The molecule has 1 aromatic rings. The van der Waals surface area contributed by atoms with Gasteiger partial charge in [0.1, 0.15) is 6.04 Å². The van der Waals surface area contributed by atoms with Crippen molar-refractivity contribution in [2.45, 2.75) is 39.2 Å². The lowest BCUT2D eigenvalue weighted by molar-refractivity contribution is -0.128. The minimum Gasteiger partial charge on any atom is -0.368 e. The number of carbonyl (C=O) groups excluding carboxylic acids is 2. The molecule has 112 valence electrons. The monoisotopic (exact) mass is 336 g/mol. The fourth-order valence-corrected chi connectivity index (χ4v) is 3.34. The summed E-state index contributed by atoms with van der Waals surface area (Å²) >= 11 is 13.2. The first-order chi connectivity index (χ1) is 9.31. The molecule has 7 heteroatoms. The van der Waals surface area contributed by atoms with Crippen LogP contribution >= 0.6 is 34.5 Å². The van der Waals surface area contributed by atoms with Gasteiger partial charge in [0, 0.05) is 6.42 Å². The number of nitrogens with one attached hydrogen (secondary N) is 1. The first-order valence-corrected chi connectivity index (χ1v) is 7.91. The van der Waals surface area contributed by atoms with E-state index in [1.807, 2.05) is 19.9 Å². The Morgan fingerprint density at radius 2 is 2.05 bits per heavy atom. The standard InChI is InChI=1S/C13H18Cl2N2O2S/c1-7(2)11(13(16)19)17-10(18)5-3-4-8-6-9(14)20-12(8)15/h6-7,11H,3-5H2,1-2H3,(H2,16,19)(H,17,18). The Balaban J connectivity index is 2.40. The quantitative estimate of drug-likeness (QED) is 0.803. The van der Waals surface area contributed by atoms with Crippen LogP contribution in [-0.2, 0) is 16.0 Å². The zero-order valence-electron chi connectivity index (χ0n) is 11.4. The third kappa shape index (κ3) is 5.31. The molecule has 0 radical (unpaired) electrons. The Morgan fingerprint density at radius 1 is 1.40 bits per heavy atom. The average molecular weight is 337 g/mol. The van der Waals surface area contributed by atoms with Crippen LogP contribution in [-0.4, -0.2) is 17.9 Å². The van der Waals surface area contributed by atoms with E-state index in [4.69, 9.17) is 28.9 Å². The fourth-order valence-electron chi connectivity index (χ4n) is 1.80. The van der Waals surface area contributed by atoms with E-state index >= 15 is 0 Å². The molecule has 0 bridgehead atoms. The Bertz CT molecular complexity index is 489. The van der Waals surface area contributed by atoms with Crippen molar-refractivity contribution >= 4 is 46.4 Å². The molecule has 4 nitrogen and oxygen atoms in total. The van der Waals surface area contributed by atoms with Gasteiger partial charge in [0.05, 0.1) is 8.67 Å². The predicted molar refractivity (Wildman–Crippen MR) is 83.2 cm³/mol. The van der Waals surface area contributed by atoms with Gasteiger partial charge in [0.25, 0.3) is 0 Å². The normalized spacial score (nSPS) is 12.4. The number of hydrogen-bond donors (Lipinski definition) is 2. The molecule has 0 aromatic carbocycles. The van der Waals surface area contributed by atoms with E-state index in [9.17, 15) is 9.59 Å². The smallest absolute Gasteiger partial charge is 0.240 e. The summed E-state index contributed by atoms with van der Waals surface area (Å²) in [6, 6.07) is 1.19. The second-order valence-electron chi connectivity index (χ2n) is 4.89. The van der Waals surface area contributed by atoms with Gasteiger partial charge in [0.2, 0.25) is 11.8 Å². The number of halogens is 2. The Hall–Kier alpha value is -0.780. The van der Waals surface area contributed by atoms with Crippen LogP contribution in [0.15, 0.2) is 6.07 Å². The number of primary amides is 1. The topological polar surface area (TPSA) is 72.2 Å². The molecule has 0 aliphatic carbocycles. The maximum absolute atomic E-state index is 11.8. The van der Waals surface area contributed by atoms with Crippen LogP contribution in [0.3, 0.4) is 0 Å². The zero-order chi connectivity index (χ0) is 15.3. The zero-order valence-corrected chi connectivity index (χ0v) is 13.7. The number of amides is 2.